The van der Waals surface area contributed by atoms with Crippen molar-refractivity contribution in [2.45, 2.75) is 43.9 Å². The third kappa shape index (κ3) is 10.2. The number of alkyl carbamates (subject to hydrolysis) is 1. The number of nitrogens with two attached hydrogens (primary N) is 1. The van der Waals surface area contributed by atoms with Crippen molar-refractivity contribution in [3.8, 4) is 0 Å². The standard InChI is InChI=1S/C35H46N10O13P2/c1-41(2)22-10-8-20-15-21-9-11-23(42(3)4)17-25(21)44(24(20)16-22)14-6-7-27(46)37-12-13-38-35(49)57-30-26(18-55-60(53,54)58-59(50,51)52)56-33(29(30)47)45-19-43(5)28-31(45)39-34(36)40-32(28)48/h8-11,15-17,19,26,29-30,33,47H,6-7,12-14,18H2,1-5H3,(H6-2,36,37,38,39,40,46,48,49,50,51,52,53,54)/p+2/t26-,29-,30-,33-/m1/s1. The molecule has 6 rings (SSSR count). The Morgan fingerprint density at radius 3 is 2.22 bits per heavy atom. The maximum atomic E-state index is 13.0. The van der Waals surface area contributed by atoms with E-state index in [0.717, 1.165) is 33.2 Å². The van der Waals surface area contributed by atoms with E-state index >= 15 is 0 Å². The summed E-state index contributed by atoms with van der Waals surface area (Å²) in [6, 6.07) is 14.7. The number of amides is 2. The lowest BCUT2D eigenvalue weighted by atomic mass is 10.1. The molecule has 0 bridgehead atoms. The van der Waals surface area contributed by atoms with Gasteiger partial charge in [0.25, 0.3) is 11.5 Å². The third-order valence-corrected chi connectivity index (χ3v) is 11.8. The van der Waals surface area contributed by atoms with Gasteiger partial charge >= 0.3 is 27.4 Å². The molecule has 23 nitrogen and oxygen atoms in total. The van der Waals surface area contributed by atoms with Gasteiger partial charge in [0.2, 0.25) is 28.7 Å². The lowest BCUT2D eigenvalue weighted by Gasteiger charge is -2.21. The van der Waals surface area contributed by atoms with E-state index in [0.29, 0.717) is 13.0 Å². The minimum atomic E-state index is -5.48. The Labute approximate surface area is 342 Å². The number of hydrogen-bond acceptors (Lipinski definition) is 14. The molecule has 60 heavy (non-hydrogen) atoms. The molecule has 1 aliphatic heterocycles. The number of phosphoric acid groups is 2. The van der Waals surface area contributed by atoms with E-state index in [2.05, 4.69) is 71.9 Å². The monoisotopic (exact) mass is 878 g/mol. The molecule has 1 fully saturated rings. The normalized spacial score (nSPS) is 19.1. The van der Waals surface area contributed by atoms with E-state index in [-0.39, 0.29) is 42.5 Å². The summed E-state index contributed by atoms with van der Waals surface area (Å²) in [5.41, 5.74) is 9.24. The summed E-state index contributed by atoms with van der Waals surface area (Å²) in [6.07, 6.45) is -5.42. The molecule has 2 amide bonds. The number of nitrogen functional groups attached to an aromatic ring is 1. The van der Waals surface area contributed by atoms with E-state index in [9.17, 15) is 33.5 Å². The number of pyridine rings is 1. The fourth-order valence-corrected chi connectivity index (χ4v) is 8.50. The molecule has 1 saturated heterocycles. The predicted octanol–water partition coefficient (Wildman–Crippen LogP) is 0.0332. The molecule has 1 unspecified atom stereocenters. The van der Waals surface area contributed by atoms with Gasteiger partial charge in [-0.05, 0) is 30.3 Å². The van der Waals surface area contributed by atoms with Crippen molar-refractivity contribution in [1.29, 1.82) is 0 Å². The van der Waals surface area contributed by atoms with E-state index in [1.165, 1.54) is 22.5 Å². The minimum absolute atomic E-state index is 0.0104. The molecule has 5 aromatic rings. The Morgan fingerprint density at radius 1 is 1.00 bits per heavy atom. The average Bonchev–Trinajstić information content (AvgIpc) is 3.65. The van der Waals surface area contributed by atoms with Crippen LogP contribution in [0.1, 0.15) is 19.1 Å². The summed E-state index contributed by atoms with van der Waals surface area (Å²) >= 11 is 0. The number of aromatic amines is 1. The second-order valence-electron chi connectivity index (χ2n) is 14.5. The molecule has 324 valence electrons. The van der Waals surface area contributed by atoms with Crippen LogP contribution < -0.4 is 40.9 Å². The number of aromatic nitrogens is 5. The van der Waals surface area contributed by atoms with Crippen LogP contribution in [0.15, 0.2) is 53.6 Å². The highest BCUT2D eigenvalue weighted by Crippen LogP contribution is 2.57. The second-order valence-corrected chi connectivity index (χ2v) is 17.3. The van der Waals surface area contributed by atoms with Crippen LogP contribution in [-0.2, 0) is 45.8 Å². The quantitative estimate of drug-likeness (QED) is 0.0281. The zero-order chi connectivity index (χ0) is 43.7. The Hall–Kier alpha value is -5.22. The maximum Gasteiger partial charge on any atom is 0.481 e. The van der Waals surface area contributed by atoms with Crippen LogP contribution in [0.4, 0.5) is 22.1 Å². The Balaban J connectivity index is 1.08. The number of anilines is 3. The van der Waals surface area contributed by atoms with Crippen LogP contribution in [0, 0.1) is 0 Å². The number of H-pyrrole nitrogens is 1. The molecular formula is C35H48N10O13P2+2. The first-order valence-electron chi connectivity index (χ1n) is 18.5. The highest BCUT2D eigenvalue weighted by atomic mass is 31.3. The van der Waals surface area contributed by atoms with Gasteiger partial charge < -0.3 is 55.4 Å². The topological polar surface area (TPSA) is 301 Å². The van der Waals surface area contributed by atoms with Crippen LogP contribution >= 0.6 is 15.6 Å². The van der Waals surface area contributed by atoms with Crippen molar-refractivity contribution < 1.29 is 65.9 Å². The van der Waals surface area contributed by atoms with Crippen molar-refractivity contribution in [2.24, 2.45) is 7.05 Å². The smallest absolute Gasteiger partial charge is 0.440 e. The van der Waals surface area contributed by atoms with Gasteiger partial charge in [-0.15, -0.1) is 0 Å². The number of aliphatic hydroxyl groups is 1. The van der Waals surface area contributed by atoms with Crippen molar-refractivity contribution in [3.63, 3.8) is 0 Å². The Kier molecular flexibility index (Phi) is 13.1. The summed E-state index contributed by atoms with van der Waals surface area (Å²) in [5, 5.41) is 18.7. The summed E-state index contributed by atoms with van der Waals surface area (Å²) in [7, 11) is -1.46. The lowest BCUT2D eigenvalue weighted by molar-refractivity contribution is -0.745. The highest BCUT2D eigenvalue weighted by Gasteiger charge is 2.51. The zero-order valence-electron chi connectivity index (χ0n) is 33.3. The number of ether oxygens (including phenoxy) is 2. The number of carbonyl (C=O) groups excluding carboxylic acids is 2. The molecule has 0 spiro atoms. The van der Waals surface area contributed by atoms with Gasteiger partial charge in [-0.3, -0.25) is 23.7 Å². The number of rotatable bonds is 16. The number of phosphoric ester groups is 1. The molecule has 0 radical (unpaired) electrons. The number of benzene rings is 2. The summed E-state index contributed by atoms with van der Waals surface area (Å²) in [5.74, 6) is -0.520. The first-order chi connectivity index (χ1) is 28.2. The van der Waals surface area contributed by atoms with Gasteiger partial charge in [-0.25, -0.2) is 18.5 Å². The zero-order valence-corrected chi connectivity index (χ0v) is 35.1. The molecule has 0 saturated carbocycles. The van der Waals surface area contributed by atoms with Gasteiger partial charge in [0, 0.05) is 88.4 Å². The number of hydrogen-bond donors (Lipinski definition) is 8. The van der Waals surface area contributed by atoms with Crippen LogP contribution in [-0.4, -0.2) is 113 Å². The summed E-state index contributed by atoms with van der Waals surface area (Å²) in [4.78, 5) is 76.8. The number of carbonyl (C=O) groups is 2. The second kappa shape index (κ2) is 17.8. The van der Waals surface area contributed by atoms with Crippen molar-refractivity contribution in [2.75, 3.05) is 63.4 Å². The predicted molar refractivity (Wildman–Crippen MR) is 216 cm³/mol. The number of nitrogens with one attached hydrogen (secondary N) is 3. The Bertz CT molecular complexity index is 2510. The number of imidazole rings is 1. The first kappa shape index (κ1) is 44.3. The van der Waals surface area contributed by atoms with Crippen LogP contribution in [0.5, 0.6) is 0 Å². The molecule has 4 heterocycles. The van der Waals surface area contributed by atoms with Gasteiger partial charge in [-0.1, -0.05) is 4.98 Å². The number of aryl methyl sites for hydroxylation is 2. The highest BCUT2D eigenvalue weighted by molar-refractivity contribution is 7.60. The van der Waals surface area contributed by atoms with E-state index in [4.69, 9.17) is 29.5 Å². The van der Waals surface area contributed by atoms with Crippen LogP contribution in [0.25, 0.3) is 33.0 Å². The van der Waals surface area contributed by atoms with Crippen molar-refractivity contribution in [1.82, 2.24) is 25.2 Å². The molecule has 25 heteroatoms. The molecule has 3 aromatic heterocycles. The SMILES string of the molecule is CN(C)c1ccc2cc3ccc(N(C)C)cc3[n+](CCCC(=O)NCCNC(=O)O[C@H]3[C@@H](O)[C@H]([n+]4cn(C)c5c(=O)[nH]c(N)nc54)O[C@@H]3COP(=O)(O)OP(=O)(O)O)c2c1. The summed E-state index contributed by atoms with van der Waals surface area (Å²) in [6.45, 7) is -0.520. The first-order valence-corrected chi connectivity index (χ1v) is 21.5. The van der Waals surface area contributed by atoms with E-state index in [1.807, 2.05) is 38.0 Å². The Morgan fingerprint density at radius 2 is 1.62 bits per heavy atom. The molecule has 2 aromatic carbocycles. The fraction of sp³-hybridized carbons (Fsp3) is 0.429. The molecule has 9 N–H and O–H groups in total. The number of nitrogens with zero attached hydrogens (tertiary/aromatic N) is 6. The van der Waals surface area contributed by atoms with Crippen LogP contribution in [0.3, 0.4) is 0 Å². The number of fused-ring (bicyclic) bond motifs is 3. The molecule has 5 atom stereocenters. The average molecular weight is 879 g/mol. The van der Waals surface area contributed by atoms with Crippen LogP contribution in [0.2, 0.25) is 0 Å². The van der Waals surface area contributed by atoms with Crippen molar-refractivity contribution in [3.05, 3.63) is 59.1 Å². The lowest BCUT2D eigenvalue weighted by Crippen LogP contribution is -2.47. The maximum absolute atomic E-state index is 13.0. The van der Waals surface area contributed by atoms with Gasteiger partial charge in [0.05, 0.1) is 13.7 Å². The molecular weight excluding hydrogens is 830 g/mol. The molecule has 0 aliphatic carbocycles. The van der Waals surface area contributed by atoms with E-state index < -0.39 is 58.4 Å². The third-order valence-electron chi connectivity index (χ3n) is 9.68. The largest absolute Gasteiger partial charge is 0.481 e. The van der Waals surface area contributed by atoms with Crippen molar-refractivity contribution >= 4 is 77.9 Å². The minimum Gasteiger partial charge on any atom is -0.440 e. The van der Waals surface area contributed by atoms with E-state index in [1.54, 1.807) is 0 Å². The van der Waals surface area contributed by atoms with Gasteiger partial charge in [-0.2, -0.15) is 8.88 Å². The molecule has 1 aliphatic rings. The van der Waals surface area contributed by atoms with Gasteiger partial charge in [0.1, 0.15) is 12.6 Å². The van der Waals surface area contributed by atoms with Gasteiger partial charge in [0.15, 0.2) is 18.5 Å². The summed E-state index contributed by atoms with van der Waals surface area (Å²) < 4.78 is 48.0. The number of aliphatic hydroxyl groups excluding tert-OH is 1. The fourth-order valence-electron chi connectivity index (χ4n) is 6.90.